The van der Waals surface area contributed by atoms with Crippen molar-refractivity contribution < 1.29 is 9.53 Å². The minimum atomic E-state index is -0.0564. The van der Waals surface area contributed by atoms with Crippen LogP contribution in [0.5, 0.6) is 0 Å². The molecule has 6 nitrogen and oxygen atoms in total. The van der Waals surface area contributed by atoms with Crippen LogP contribution in [0.2, 0.25) is 0 Å². The van der Waals surface area contributed by atoms with Gasteiger partial charge in [-0.2, -0.15) is 0 Å². The van der Waals surface area contributed by atoms with Crippen LogP contribution in [-0.2, 0) is 11.2 Å². The SMILES string of the molecule is CN=C(NCCc1cccc(C(=O)NC)c1)NCC1(CCOC)CCC1. The molecule has 3 N–H and O–H groups in total. The number of ether oxygens (including phenoxy) is 1. The summed E-state index contributed by atoms with van der Waals surface area (Å²) in [7, 11) is 5.21. The zero-order valence-electron chi connectivity index (χ0n) is 16.2. The predicted molar refractivity (Wildman–Crippen MR) is 106 cm³/mol. The van der Waals surface area contributed by atoms with Crippen LogP contribution in [0.15, 0.2) is 29.3 Å². The number of carbonyl (C=O) groups is 1. The number of carbonyl (C=O) groups excluding carboxylic acids is 1. The largest absolute Gasteiger partial charge is 0.385 e. The van der Waals surface area contributed by atoms with Gasteiger partial charge in [0.15, 0.2) is 5.96 Å². The highest BCUT2D eigenvalue weighted by Crippen LogP contribution is 2.43. The highest BCUT2D eigenvalue weighted by Gasteiger charge is 2.36. The summed E-state index contributed by atoms with van der Waals surface area (Å²) in [6, 6.07) is 7.72. The number of methoxy groups -OCH3 is 1. The molecule has 0 heterocycles. The Labute approximate surface area is 156 Å². The first-order chi connectivity index (χ1) is 12.6. The van der Waals surface area contributed by atoms with Gasteiger partial charge < -0.3 is 20.7 Å². The molecular weight excluding hydrogens is 328 g/mol. The molecule has 2 rings (SSSR count). The molecule has 6 heteroatoms. The van der Waals surface area contributed by atoms with Crippen LogP contribution in [0.3, 0.4) is 0 Å². The number of nitrogens with zero attached hydrogens (tertiary/aromatic N) is 1. The van der Waals surface area contributed by atoms with Crippen LogP contribution in [0.4, 0.5) is 0 Å². The Balaban J connectivity index is 1.78. The van der Waals surface area contributed by atoms with Crippen LogP contribution in [0.1, 0.15) is 41.6 Å². The lowest BCUT2D eigenvalue weighted by Gasteiger charge is -2.42. The van der Waals surface area contributed by atoms with Crippen LogP contribution < -0.4 is 16.0 Å². The second-order valence-electron chi connectivity index (χ2n) is 6.98. The molecule has 0 aromatic heterocycles. The van der Waals surface area contributed by atoms with Gasteiger partial charge in [-0.15, -0.1) is 0 Å². The number of hydrogen-bond donors (Lipinski definition) is 3. The summed E-state index contributed by atoms with van der Waals surface area (Å²) in [5.41, 5.74) is 2.18. The van der Waals surface area contributed by atoms with E-state index in [1.807, 2.05) is 24.3 Å². The molecular formula is C20H32N4O2. The molecule has 0 aliphatic heterocycles. The number of guanidine groups is 1. The maximum atomic E-state index is 11.7. The molecule has 0 atom stereocenters. The van der Waals surface area contributed by atoms with Gasteiger partial charge in [0, 0.05) is 46.5 Å². The molecule has 1 aliphatic rings. The molecule has 1 saturated carbocycles. The number of benzene rings is 1. The van der Waals surface area contributed by atoms with Crippen molar-refractivity contribution in [1.82, 2.24) is 16.0 Å². The number of amides is 1. The molecule has 0 spiro atoms. The number of nitrogens with one attached hydrogen (secondary N) is 3. The van der Waals surface area contributed by atoms with Crippen molar-refractivity contribution >= 4 is 11.9 Å². The summed E-state index contributed by atoms with van der Waals surface area (Å²) in [5, 5.41) is 9.49. The zero-order chi connectivity index (χ0) is 18.8. The molecule has 0 unspecified atom stereocenters. The van der Waals surface area contributed by atoms with Gasteiger partial charge in [-0.25, -0.2) is 0 Å². The topological polar surface area (TPSA) is 74.8 Å². The third kappa shape index (κ3) is 5.73. The minimum Gasteiger partial charge on any atom is -0.385 e. The van der Waals surface area contributed by atoms with Crippen molar-refractivity contribution in [3.8, 4) is 0 Å². The lowest BCUT2D eigenvalue weighted by molar-refractivity contribution is 0.0732. The average molecular weight is 361 g/mol. The van der Waals surface area contributed by atoms with E-state index in [0.29, 0.717) is 11.0 Å². The highest BCUT2D eigenvalue weighted by atomic mass is 16.5. The van der Waals surface area contributed by atoms with Gasteiger partial charge in [0.2, 0.25) is 0 Å². The summed E-state index contributed by atoms with van der Waals surface area (Å²) in [6.07, 6.45) is 5.75. The molecule has 1 aromatic carbocycles. The molecule has 0 bridgehead atoms. The van der Waals surface area contributed by atoms with Gasteiger partial charge in [-0.1, -0.05) is 18.6 Å². The van der Waals surface area contributed by atoms with E-state index in [9.17, 15) is 4.79 Å². The summed E-state index contributed by atoms with van der Waals surface area (Å²) in [4.78, 5) is 16.0. The first-order valence-corrected chi connectivity index (χ1v) is 9.37. The first-order valence-electron chi connectivity index (χ1n) is 9.37. The van der Waals surface area contributed by atoms with E-state index in [1.165, 1.54) is 19.3 Å². The molecule has 26 heavy (non-hydrogen) atoms. The Morgan fingerprint density at radius 1 is 1.31 bits per heavy atom. The number of hydrogen-bond acceptors (Lipinski definition) is 3. The summed E-state index contributed by atoms with van der Waals surface area (Å²) in [6.45, 7) is 2.51. The fourth-order valence-corrected chi connectivity index (χ4v) is 3.34. The molecule has 1 aromatic rings. The number of aliphatic imine (C=N–C) groups is 1. The molecule has 1 amide bonds. The van der Waals surface area contributed by atoms with E-state index in [4.69, 9.17) is 4.74 Å². The Kier molecular flexibility index (Phi) is 7.91. The van der Waals surface area contributed by atoms with Crippen molar-refractivity contribution in [3.05, 3.63) is 35.4 Å². The second-order valence-corrected chi connectivity index (χ2v) is 6.98. The molecule has 1 fully saturated rings. The van der Waals surface area contributed by atoms with Crippen molar-refractivity contribution in [3.63, 3.8) is 0 Å². The van der Waals surface area contributed by atoms with Gasteiger partial charge in [0.05, 0.1) is 0 Å². The quantitative estimate of drug-likeness (QED) is 0.465. The van der Waals surface area contributed by atoms with E-state index in [-0.39, 0.29) is 5.91 Å². The molecule has 0 radical (unpaired) electrons. The molecule has 1 aliphatic carbocycles. The van der Waals surface area contributed by atoms with Crippen molar-refractivity contribution in [2.75, 3.05) is 40.9 Å². The van der Waals surface area contributed by atoms with Crippen molar-refractivity contribution in [1.29, 1.82) is 0 Å². The van der Waals surface area contributed by atoms with Crippen LogP contribution >= 0.6 is 0 Å². The standard InChI is InChI=1S/C20H32N4O2/c1-21-18(25)17-7-4-6-16(14-17)8-12-23-19(22-2)24-15-20(9-5-10-20)11-13-26-3/h4,6-7,14H,5,8-13,15H2,1-3H3,(H,21,25)(H2,22,23,24). The monoisotopic (exact) mass is 360 g/mol. The minimum absolute atomic E-state index is 0.0564. The predicted octanol–water partition coefficient (Wildman–Crippen LogP) is 1.96. The third-order valence-electron chi connectivity index (χ3n) is 5.23. The van der Waals surface area contributed by atoms with E-state index in [0.717, 1.165) is 44.1 Å². The van der Waals surface area contributed by atoms with Gasteiger partial charge in [0.1, 0.15) is 0 Å². The zero-order valence-corrected chi connectivity index (χ0v) is 16.2. The van der Waals surface area contributed by atoms with E-state index >= 15 is 0 Å². The maximum Gasteiger partial charge on any atom is 0.251 e. The molecule has 0 saturated heterocycles. The fraction of sp³-hybridized carbons (Fsp3) is 0.600. The Morgan fingerprint density at radius 2 is 2.12 bits per heavy atom. The van der Waals surface area contributed by atoms with Crippen LogP contribution in [0, 0.1) is 5.41 Å². The summed E-state index contributed by atoms with van der Waals surface area (Å²) < 4.78 is 5.25. The average Bonchev–Trinajstić information content (AvgIpc) is 2.64. The third-order valence-corrected chi connectivity index (χ3v) is 5.23. The summed E-state index contributed by atoms with van der Waals surface area (Å²) >= 11 is 0. The van der Waals surface area contributed by atoms with E-state index < -0.39 is 0 Å². The normalized spacial score (nSPS) is 15.9. The van der Waals surface area contributed by atoms with E-state index in [1.54, 1.807) is 21.2 Å². The molecule has 144 valence electrons. The van der Waals surface area contributed by atoms with Gasteiger partial charge in [-0.3, -0.25) is 9.79 Å². The van der Waals surface area contributed by atoms with Gasteiger partial charge >= 0.3 is 0 Å². The first kappa shape index (κ1) is 20.2. The van der Waals surface area contributed by atoms with Crippen molar-refractivity contribution in [2.45, 2.75) is 32.1 Å². The Bertz CT molecular complexity index is 612. The smallest absolute Gasteiger partial charge is 0.251 e. The van der Waals surface area contributed by atoms with Crippen LogP contribution in [-0.4, -0.2) is 52.8 Å². The maximum absolute atomic E-state index is 11.7. The Morgan fingerprint density at radius 3 is 2.73 bits per heavy atom. The van der Waals surface area contributed by atoms with Gasteiger partial charge in [-0.05, 0) is 48.8 Å². The Hall–Kier alpha value is -2.08. The number of rotatable bonds is 9. The lowest BCUT2D eigenvalue weighted by atomic mass is 9.67. The fourth-order valence-electron chi connectivity index (χ4n) is 3.34. The second kappa shape index (κ2) is 10.2. The van der Waals surface area contributed by atoms with Gasteiger partial charge in [0.25, 0.3) is 5.91 Å². The van der Waals surface area contributed by atoms with Crippen molar-refractivity contribution in [2.24, 2.45) is 10.4 Å². The highest BCUT2D eigenvalue weighted by molar-refractivity contribution is 5.94. The van der Waals surface area contributed by atoms with E-state index in [2.05, 4.69) is 20.9 Å². The lowest BCUT2D eigenvalue weighted by Crippen LogP contribution is -2.47. The van der Waals surface area contributed by atoms with Crippen LogP contribution in [0.25, 0.3) is 0 Å². The summed E-state index contributed by atoms with van der Waals surface area (Å²) in [5.74, 6) is 0.773.